The summed E-state index contributed by atoms with van der Waals surface area (Å²) in [5.41, 5.74) is -0.688. The van der Waals surface area contributed by atoms with E-state index in [4.69, 9.17) is 9.47 Å². The predicted octanol–water partition coefficient (Wildman–Crippen LogP) is 2.66. The Morgan fingerprint density at radius 2 is 2.11 bits per heavy atom. The molecular formula is C15H29NO3. The van der Waals surface area contributed by atoms with Crippen LogP contribution in [0.1, 0.15) is 59.8 Å². The maximum Gasteiger partial charge on any atom is 0.326 e. The lowest BCUT2D eigenvalue weighted by Crippen LogP contribution is -2.57. The molecule has 0 aliphatic heterocycles. The van der Waals surface area contributed by atoms with Gasteiger partial charge in [-0.3, -0.25) is 4.79 Å². The molecule has 0 spiro atoms. The highest BCUT2D eigenvalue weighted by Crippen LogP contribution is 2.33. The van der Waals surface area contributed by atoms with Crippen LogP contribution in [0.2, 0.25) is 0 Å². The van der Waals surface area contributed by atoms with Gasteiger partial charge < -0.3 is 14.8 Å². The van der Waals surface area contributed by atoms with Crippen LogP contribution >= 0.6 is 0 Å². The molecule has 0 heterocycles. The summed E-state index contributed by atoms with van der Waals surface area (Å²) in [6.45, 7) is 9.12. The Morgan fingerprint density at radius 3 is 2.63 bits per heavy atom. The van der Waals surface area contributed by atoms with Crippen LogP contribution in [0.15, 0.2) is 0 Å². The highest BCUT2D eigenvalue weighted by Gasteiger charge is 2.44. The number of likely N-dealkylation sites (N-methyl/N-ethyl adjacent to an activating group) is 1. The van der Waals surface area contributed by atoms with Gasteiger partial charge in [-0.15, -0.1) is 0 Å². The van der Waals surface area contributed by atoms with Gasteiger partial charge in [-0.2, -0.15) is 0 Å². The summed E-state index contributed by atoms with van der Waals surface area (Å²) in [6.07, 6.45) is 4.65. The summed E-state index contributed by atoms with van der Waals surface area (Å²) < 4.78 is 11.2. The summed E-state index contributed by atoms with van der Waals surface area (Å²) in [5.74, 6) is -0.156. The SMILES string of the molecule is CCNC1(C(=O)OC)CCCC(OC(C)(C)CC)C1. The van der Waals surface area contributed by atoms with Crippen molar-refractivity contribution in [3.05, 3.63) is 0 Å². The fraction of sp³-hybridized carbons (Fsp3) is 0.933. The van der Waals surface area contributed by atoms with Crippen LogP contribution < -0.4 is 5.32 Å². The van der Waals surface area contributed by atoms with Crippen molar-refractivity contribution in [1.29, 1.82) is 0 Å². The van der Waals surface area contributed by atoms with E-state index < -0.39 is 5.54 Å². The van der Waals surface area contributed by atoms with Crippen molar-refractivity contribution in [2.45, 2.75) is 77.0 Å². The molecule has 1 aliphatic rings. The van der Waals surface area contributed by atoms with E-state index in [1.54, 1.807) is 0 Å². The van der Waals surface area contributed by atoms with Gasteiger partial charge in [-0.25, -0.2) is 0 Å². The Balaban J connectivity index is 2.77. The van der Waals surface area contributed by atoms with E-state index in [1.807, 2.05) is 6.92 Å². The van der Waals surface area contributed by atoms with Crippen LogP contribution in [0.3, 0.4) is 0 Å². The Labute approximate surface area is 117 Å². The highest BCUT2D eigenvalue weighted by molar-refractivity contribution is 5.81. The lowest BCUT2D eigenvalue weighted by Gasteiger charge is -2.41. The lowest BCUT2D eigenvalue weighted by atomic mass is 9.79. The van der Waals surface area contributed by atoms with Crippen molar-refractivity contribution in [2.75, 3.05) is 13.7 Å². The molecule has 0 aromatic carbocycles. The molecule has 1 rings (SSSR count). The van der Waals surface area contributed by atoms with Crippen LogP contribution in [0.25, 0.3) is 0 Å². The molecule has 2 unspecified atom stereocenters. The largest absolute Gasteiger partial charge is 0.468 e. The Kier molecular flexibility index (Phi) is 5.81. The Hall–Kier alpha value is -0.610. The van der Waals surface area contributed by atoms with Crippen LogP contribution in [-0.2, 0) is 14.3 Å². The number of hydrogen-bond donors (Lipinski definition) is 1. The Bertz CT molecular complexity index is 300. The van der Waals surface area contributed by atoms with E-state index in [2.05, 4.69) is 26.1 Å². The van der Waals surface area contributed by atoms with Crippen molar-refractivity contribution >= 4 is 5.97 Å². The fourth-order valence-corrected chi connectivity index (χ4v) is 2.81. The third kappa shape index (κ3) is 4.18. The second-order valence-electron chi connectivity index (χ2n) is 6.05. The van der Waals surface area contributed by atoms with E-state index in [1.165, 1.54) is 7.11 Å². The van der Waals surface area contributed by atoms with Gasteiger partial charge in [0.25, 0.3) is 0 Å². The molecule has 0 saturated heterocycles. The van der Waals surface area contributed by atoms with Crippen molar-refractivity contribution in [3.63, 3.8) is 0 Å². The average Bonchev–Trinajstić information content (AvgIpc) is 2.38. The zero-order chi connectivity index (χ0) is 14.5. The quantitative estimate of drug-likeness (QED) is 0.755. The van der Waals surface area contributed by atoms with Crippen LogP contribution in [0.4, 0.5) is 0 Å². The van der Waals surface area contributed by atoms with E-state index in [9.17, 15) is 4.79 Å². The molecule has 4 nitrogen and oxygen atoms in total. The first-order chi connectivity index (χ1) is 8.89. The molecule has 1 saturated carbocycles. The van der Waals surface area contributed by atoms with E-state index in [-0.39, 0.29) is 17.7 Å². The molecule has 112 valence electrons. The second-order valence-corrected chi connectivity index (χ2v) is 6.05. The van der Waals surface area contributed by atoms with Gasteiger partial charge in [0.2, 0.25) is 0 Å². The van der Waals surface area contributed by atoms with Crippen molar-refractivity contribution in [2.24, 2.45) is 0 Å². The van der Waals surface area contributed by atoms with E-state index >= 15 is 0 Å². The van der Waals surface area contributed by atoms with Gasteiger partial charge in [0.05, 0.1) is 18.8 Å². The molecule has 1 fully saturated rings. The summed E-state index contributed by atoms with van der Waals surface area (Å²) in [7, 11) is 1.46. The van der Waals surface area contributed by atoms with Crippen LogP contribution in [0.5, 0.6) is 0 Å². The predicted molar refractivity (Wildman–Crippen MR) is 76.1 cm³/mol. The topological polar surface area (TPSA) is 47.6 Å². The number of carbonyl (C=O) groups excluding carboxylic acids is 1. The number of hydrogen-bond acceptors (Lipinski definition) is 4. The second kappa shape index (κ2) is 6.71. The summed E-state index contributed by atoms with van der Waals surface area (Å²) >= 11 is 0. The number of methoxy groups -OCH3 is 1. The van der Waals surface area contributed by atoms with Gasteiger partial charge in [-0.1, -0.05) is 13.8 Å². The third-order valence-electron chi connectivity index (χ3n) is 4.13. The van der Waals surface area contributed by atoms with Crippen molar-refractivity contribution in [1.82, 2.24) is 5.32 Å². The van der Waals surface area contributed by atoms with Gasteiger partial charge in [0, 0.05) is 6.42 Å². The first-order valence-electron chi connectivity index (χ1n) is 7.40. The number of esters is 1. The van der Waals surface area contributed by atoms with E-state index in [0.29, 0.717) is 6.42 Å². The third-order valence-corrected chi connectivity index (χ3v) is 4.13. The standard InChI is InChI=1S/C15H29NO3/c1-6-14(3,4)19-12-9-8-10-15(11-12,16-7-2)13(17)18-5/h12,16H,6-11H2,1-5H3. The molecule has 1 aliphatic carbocycles. The van der Waals surface area contributed by atoms with Crippen LogP contribution in [0, 0.1) is 0 Å². The average molecular weight is 271 g/mol. The molecule has 1 N–H and O–H groups in total. The van der Waals surface area contributed by atoms with Gasteiger partial charge in [0.15, 0.2) is 0 Å². The summed E-state index contributed by atoms with van der Waals surface area (Å²) in [6, 6.07) is 0. The maximum absolute atomic E-state index is 12.1. The minimum atomic E-state index is -0.559. The fourth-order valence-electron chi connectivity index (χ4n) is 2.81. The van der Waals surface area contributed by atoms with Gasteiger partial charge in [0.1, 0.15) is 5.54 Å². The van der Waals surface area contributed by atoms with Gasteiger partial charge >= 0.3 is 5.97 Å². The van der Waals surface area contributed by atoms with Gasteiger partial charge in [-0.05, 0) is 46.1 Å². The summed E-state index contributed by atoms with van der Waals surface area (Å²) in [5, 5.41) is 3.33. The highest BCUT2D eigenvalue weighted by atomic mass is 16.5. The minimum Gasteiger partial charge on any atom is -0.468 e. The normalized spacial score (nSPS) is 28.2. The number of ether oxygens (including phenoxy) is 2. The molecule has 0 aromatic heterocycles. The molecule has 0 bridgehead atoms. The zero-order valence-corrected chi connectivity index (χ0v) is 13.0. The van der Waals surface area contributed by atoms with Crippen molar-refractivity contribution < 1.29 is 14.3 Å². The van der Waals surface area contributed by atoms with Crippen LogP contribution in [-0.4, -0.2) is 36.9 Å². The molecule has 0 aromatic rings. The van der Waals surface area contributed by atoms with E-state index in [0.717, 1.165) is 32.2 Å². The zero-order valence-electron chi connectivity index (χ0n) is 13.0. The first kappa shape index (κ1) is 16.4. The first-order valence-corrected chi connectivity index (χ1v) is 7.40. The molecule has 2 atom stereocenters. The Morgan fingerprint density at radius 1 is 1.42 bits per heavy atom. The monoisotopic (exact) mass is 271 g/mol. The smallest absolute Gasteiger partial charge is 0.326 e. The molecular weight excluding hydrogens is 242 g/mol. The molecule has 19 heavy (non-hydrogen) atoms. The number of nitrogens with one attached hydrogen (secondary N) is 1. The summed E-state index contributed by atoms with van der Waals surface area (Å²) in [4.78, 5) is 12.1. The van der Waals surface area contributed by atoms with Crippen molar-refractivity contribution in [3.8, 4) is 0 Å². The number of carbonyl (C=O) groups is 1. The molecule has 4 heteroatoms. The minimum absolute atomic E-state index is 0.127. The molecule has 0 radical (unpaired) electrons. The lowest BCUT2D eigenvalue weighted by molar-refractivity contribution is -0.157. The molecule has 0 amide bonds. The number of rotatable bonds is 6. The maximum atomic E-state index is 12.1.